The van der Waals surface area contributed by atoms with Crippen LogP contribution in [-0.2, 0) is 4.74 Å². The van der Waals surface area contributed by atoms with Crippen molar-refractivity contribution in [2.75, 3.05) is 17.7 Å². The Bertz CT molecular complexity index is 734. The number of nitrogens with zero attached hydrogens (tertiary/aromatic N) is 1. The summed E-state index contributed by atoms with van der Waals surface area (Å²) in [4.78, 5) is 27.9. The number of carbonyl (C=O) groups excluding carboxylic acids is 2. The van der Waals surface area contributed by atoms with Crippen molar-refractivity contribution in [3.05, 3.63) is 53.9 Å². The van der Waals surface area contributed by atoms with E-state index in [1.807, 2.05) is 20.8 Å². The lowest BCUT2D eigenvalue weighted by atomic mass is 10.1. The van der Waals surface area contributed by atoms with Crippen LogP contribution in [0.15, 0.2) is 42.6 Å². The van der Waals surface area contributed by atoms with Crippen molar-refractivity contribution in [1.29, 1.82) is 0 Å². The predicted molar refractivity (Wildman–Crippen MR) is 93.3 cm³/mol. The summed E-state index contributed by atoms with van der Waals surface area (Å²) < 4.78 is 4.66. The van der Waals surface area contributed by atoms with Gasteiger partial charge in [0.15, 0.2) is 0 Å². The predicted octanol–water partition coefficient (Wildman–Crippen LogP) is 3.33. The second-order valence-electron chi connectivity index (χ2n) is 6.33. The smallest absolute Gasteiger partial charge is 0.337 e. The number of ether oxygens (including phenoxy) is 1. The average molecular weight is 327 g/mol. The molecule has 0 spiro atoms. The van der Waals surface area contributed by atoms with E-state index in [4.69, 9.17) is 0 Å². The highest BCUT2D eigenvalue weighted by molar-refractivity contribution is 6.03. The van der Waals surface area contributed by atoms with Crippen molar-refractivity contribution in [3.63, 3.8) is 0 Å². The summed E-state index contributed by atoms with van der Waals surface area (Å²) in [6, 6.07) is 9.99. The Morgan fingerprint density at radius 3 is 2.42 bits per heavy atom. The Hall–Kier alpha value is -2.89. The zero-order chi connectivity index (χ0) is 17.7. The molecular formula is C18H21N3O3. The molecule has 2 rings (SSSR count). The SMILES string of the molecule is COC(=O)c1cccc(NC(=O)c2ccc(NC(C)(C)C)cn2)c1. The second kappa shape index (κ2) is 7.12. The molecule has 0 saturated carbocycles. The van der Waals surface area contributed by atoms with Crippen LogP contribution < -0.4 is 10.6 Å². The first-order chi connectivity index (χ1) is 11.3. The van der Waals surface area contributed by atoms with Crippen LogP contribution in [0.2, 0.25) is 0 Å². The molecule has 1 aromatic heterocycles. The summed E-state index contributed by atoms with van der Waals surface area (Å²) in [6.45, 7) is 6.13. The minimum absolute atomic E-state index is 0.0836. The molecule has 2 aromatic rings. The number of nitrogens with one attached hydrogen (secondary N) is 2. The van der Waals surface area contributed by atoms with E-state index >= 15 is 0 Å². The van der Waals surface area contributed by atoms with Gasteiger partial charge in [-0.25, -0.2) is 9.78 Å². The van der Waals surface area contributed by atoms with Gasteiger partial charge in [0, 0.05) is 11.2 Å². The van der Waals surface area contributed by atoms with Crippen molar-refractivity contribution in [2.24, 2.45) is 0 Å². The number of methoxy groups -OCH3 is 1. The molecule has 0 fully saturated rings. The fraction of sp³-hybridized carbons (Fsp3) is 0.278. The van der Waals surface area contributed by atoms with Crippen LogP contribution >= 0.6 is 0 Å². The third-order valence-corrected chi connectivity index (χ3v) is 3.06. The number of hydrogen-bond acceptors (Lipinski definition) is 5. The third kappa shape index (κ3) is 4.81. The number of carbonyl (C=O) groups is 2. The normalized spacial score (nSPS) is 10.8. The molecule has 0 aliphatic heterocycles. The van der Waals surface area contributed by atoms with Crippen LogP contribution in [0, 0.1) is 0 Å². The Morgan fingerprint density at radius 2 is 1.83 bits per heavy atom. The van der Waals surface area contributed by atoms with Crippen molar-refractivity contribution < 1.29 is 14.3 Å². The fourth-order valence-corrected chi connectivity index (χ4v) is 2.07. The maximum atomic E-state index is 12.3. The zero-order valence-electron chi connectivity index (χ0n) is 14.2. The number of benzene rings is 1. The Morgan fingerprint density at radius 1 is 1.08 bits per heavy atom. The summed E-state index contributed by atoms with van der Waals surface area (Å²) in [5.74, 6) is -0.804. The summed E-state index contributed by atoms with van der Waals surface area (Å²) in [7, 11) is 1.31. The minimum atomic E-state index is -0.457. The van der Waals surface area contributed by atoms with Gasteiger partial charge in [0.1, 0.15) is 5.69 Å². The van der Waals surface area contributed by atoms with Crippen LogP contribution in [0.3, 0.4) is 0 Å². The molecule has 0 saturated heterocycles. The first-order valence-corrected chi connectivity index (χ1v) is 7.52. The van der Waals surface area contributed by atoms with E-state index < -0.39 is 5.97 Å². The first-order valence-electron chi connectivity index (χ1n) is 7.52. The van der Waals surface area contributed by atoms with Crippen molar-refractivity contribution in [1.82, 2.24) is 4.98 Å². The van der Waals surface area contributed by atoms with Gasteiger partial charge >= 0.3 is 5.97 Å². The highest BCUT2D eigenvalue weighted by atomic mass is 16.5. The summed E-state index contributed by atoms with van der Waals surface area (Å²) in [5.41, 5.74) is 1.92. The highest BCUT2D eigenvalue weighted by Crippen LogP contribution is 2.15. The third-order valence-electron chi connectivity index (χ3n) is 3.06. The van der Waals surface area contributed by atoms with Gasteiger partial charge in [-0.05, 0) is 51.1 Å². The van der Waals surface area contributed by atoms with E-state index in [0.29, 0.717) is 11.3 Å². The molecule has 6 nitrogen and oxygen atoms in total. The van der Waals surface area contributed by atoms with E-state index in [9.17, 15) is 9.59 Å². The molecule has 1 aromatic carbocycles. The van der Waals surface area contributed by atoms with Crippen LogP contribution in [0.5, 0.6) is 0 Å². The van der Waals surface area contributed by atoms with Crippen molar-refractivity contribution >= 4 is 23.3 Å². The molecule has 126 valence electrons. The van der Waals surface area contributed by atoms with Crippen LogP contribution in [-0.4, -0.2) is 29.5 Å². The topological polar surface area (TPSA) is 80.3 Å². The van der Waals surface area contributed by atoms with E-state index in [0.717, 1.165) is 5.69 Å². The van der Waals surface area contributed by atoms with Gasteiger partial charge in [0.25, 0.3) is 5.91 Å². The van der Waals surface area contributed by atoms with Crippen LogP contribution in [0.1, 0.15) is 41.6 Å². The molecule has 0 unspecified atom stereocenters. The maximum absolute atomic E-state index is 12.3. The molecular weight excluding hydrogens is 306 g/mol. The van der Waals surface area contributed by atoms with Crippen LogP contribution in [0.4, 0.5) is 11.4 Å². The number of amides is 1. The van der Waals surface area contributed by atoms with Crippen LogP contribution in [0.25, 0.3) is 0 Å². The van der Waals surface area contributed by atoms with Crippen molar-refractivity contribution in [3.8, 4) is 0 Å². The lowest BCUT2D eigenvalue weighted by molar-refractivity contribution is 0.0600. The molecule has 0 atom stereocenters. The molecule has 0 aliphatic carbocycles. The quantitative estimate of drug-likeness (QED) is 0.842. The lowest BCUT2D eigenvalue weighted by Crippen LogP contribution is -2.26. The van der Waals surface area contributed by atoms with Gasteiger partial charge < -0.3 is 15.4 Å². The van der Waals surface area contributed by atoms with Crippen molar-refractivity contribution in [2.45, 2.75) is 26.3 Å². The van der Waals surface area contributed by atoms with Gasteiger partial charge in [0.05, 0.1) is 24.6 Å². The number of rotatable bonds is 4. The molecule has 24 heavy (non-hydrogen) atoms. The van der Waals surface area contributed by atoms with Gasteiger partial charge in [-0.3, -0.25) is 4.79 Å². The second-order valence-corrected chi connectivity index (χ2v) is 6.33. The molecule has 1 amide bonds. The fourth-order valence-electron chi connectivity index (χ4n) is 2.07. The summed E-state index contributed by atoms with van der Waals surface area (Å²) >= 11 is 0. The Balaban J connectivity index is 2.08. The maximum Gasteiger partial charge on any atom is 0.337 e. The number of hydrogen-bond donors (Lipinski definition) is 2. The van der Waals surface area contributed by atoms with E-state index in [1.165, 1.54) is 7.11 Å². The largest absolute Gasteiger partial charge is 0.465 e. The monoisotopic (exact) mass is 327 g/mol. The van der Waals surface area contributed by atoms with E-state index in [-0.39, 0.29) is 17.1 Å². The average Bonchev–Trinajstić information content (AvgIpc) is 2.53. The minimum Gasteiger partial charge on any atom is -0.465 e. The highest BCUT2D eigenvalue weighted by Gasteiger charge is 2.12. The van der Waals surface area contributed by atoms with Gasteiger partial charge in [0.2, 0.25) is 0 Å². The summed E-state index contributed by atoms with van der Waals surface area (Å²) in [6.07, 6.45) is 1.62. The molecule has 0 aliphatic rings. The number of anilines is 2. The number of esters is 1. The first kappa shape index (κ1) is 17.5. The Labute approximate surface area is 141 Å². The molecule has 0 radical (unpaired) electrons. The van der Waals surface area contributed by atoms with E-state index in [1.54, 1.807) is 42.6 Å². The lowest BCUT2D eigenvalue weighted by Gasteiger charge is -2.21. The summed E-state index contributed by atoms with van der Waals surface area (Å²) in [5, 5.41) is 5.99. The van der Waals surface area contributed by atoms with E-state index in [2.05, 4.69) is 20.4 Å². The molecule has 1 heterocycles. The number of pyridine rings is 1. The van der Waals surface area contributed by atoms with Gasteiger partial charge in [-0.1, -0.05) is 6.07 Å². The molecule has 2 N–H and O–H groups in total. The van der Waals surface area contributed by atoms with Gasteiger partial charge in [-0.2, -0.15) is 0 Å². The Kier molecular flexibility index (Phi) is 5.18. The molecule has 0 bridgehead atoms. The number of aromatic nitrogens is 1. The zero-order valence-corrected chi connectivity index (χ0v) is 14.2. The molecule has 6 heteroatoms. The standard InChI is InChI=1S/C18H21N3O3/c1-18(2,3)21-14-8-9-15(19-11-14)16(22)20-13-7-5-6-12(10-13)17(23)24-4/h5-11,21H,1-4H3,(H,20,22). The van der Waals surface area contributed by atoms with Gasteiger partial charge in [-0.15, -0.1) is 0 Å².